The number of quaternary nitrogens is 2. The van der Waals surface area contributed by atoms with E-state index in [2.05, 4.69) is 106 Å². The summed E-state index contributed by atoms with van der Waals surface area (Å²) in [6, 6.07) is 11.1. The molecule has 0 bridgehead atoms. The van der Waals surface area contributed by atoms with Gasteiger partial charge in [0, 0.05) is 31.0 Å². The lowest BCUT2D eigenvalue weighted by atomic mass is 9.72. The molecule has 0 unspecified atom stereocenters. The van der Waals surface area contributed by atoms with Crippen LogP contribution in [-0.2, 0) is 22.4 Å². The van der Waals surface area contributed by atoms with Crippen molar-refractivity contribution in [3.63, 3.8) is 0 Å². The molecule has 1 aliphatic rings. The van der Waals surface area contributed by atoms with Crippen molar-refractivity contribution in [3.8, 4) is 0 Å². The third-order valence-electron chi connectivity index (χ3n) is 7.55. The Kier molecular flexibility index (Phi) is 12.7. The first kappa shape index (κ1) is 36.4. The van der Waals surface area contributed by atoms with Crippen molar-refractivity contribution >= 4 is 81.6 Å². The van der Waals surface area contributed by atoms with Gasteiger partial charge >= 0.3 is 6.03 Å². The Morgan fingerprint density at radius 2 is 0.884 bits per heavy atom. The Morgan fingerprint density at radius 3 is 1.19 bits per heavy atom. The third-order valence-corrected chi connectivity index (χ3v) is 9.38. The maximum absolute atomic E-state index is 14.6. The van der Waals surface area contributed by atoms with E-state index in [4.69, 9.17) is 0 Å². The lowest BCUT2D eigenvalue weighted by Gasteiger charge is -2.44. The zero-order valence-corrected chi connectivity index (χ0v) is 32.4. The van der Waals surface area contributed by atoms with Crippen LogP contribution in [0, 0.1) is 5.41 Å². The standard InChI is InChI=1S/C32H44Br4N4O3/c1-39(2,3)13-9-7-11-37-29(41)32(21-23-15-25(33)19-26(34)16-23,22-24-17-27(35)20-28(36)18-24)30(42)38(31(37)43)12-8-10-14-40(4,5)6/h15-20H,7-14,21-22H2,1-6H3/q+2. The topological polar surface area (TPSA) is 57.7 Å². The molecule has 2 aromatic carbocycles. The van der Waals surface area contributed by atoms with Gasteiger partial charge in [-0.25, -0.2) is 4.79 Å². The third kappa shape index (κ3) is 10.5. The fraction of sp³-hybridized carbons (Fsp3) is 0.531. The van der Waals surface area contributed by atoms with Crippen molar-refractivity contribution in [1.29, 1.82) is 0 Å². The highest BCUT2D eigenvalue weighted by Crippen LogP contribution is 2.39. The minimum Gasteiger partial charge on any atom is -0.331 e. The molecular weight excluding hydrogens is 808 g/mol. The number of imide groups is 2. The first-order valence-electron chi connectivity index (χ1n) is 14.6. The molecule has 0 N–H and O–H groups in total. The van der Waals surface area contributed by atoms with E-state index in [1.807, 2.05) is 36.4 Å². The van der Waals surface area contributed by atoms with E-state index in [1.165, 1.54) is 9.80 Å². The van der Waals surface area contributed by atoms with Crippen molar-refractivity contribution in [1.82, 2.24) is 9.80 Å². The number of barbiturate groups is 1. The van der Waals surface area contributed by atoms with Gasteiger partial charge in [0.05, 0.1) is 55.4 Å². The fourth-order valence-corrected chi connectivity index (χ4v) is 8.30. The van der Waals surface area contributed by atoms with E-state index in [0.29, 0.717) is 12.8 Å². The van der Waals surface area contributed by atoms with Crippen molar-refractivity contribution < 1.29 is 23.3 Å². The summed E-state index contributed by atoms with van der Waals surface area (Å²) in [6.07, 6.45) is 3.43. The highest BCUT2D eigenvalue weighted by Gasteiger charge is 2.57. The average molecular weight is 852 g/mol. The highest BCUT2D eigenvalue weighted by molar-refractivity contribution is 9.11. The quantitative estimate of drug-likeness (QED) is 0.114. The van der Waals surface area contributed by atoms with Crippen LogP contribution < -0.4 is 0 Å². The monoisotopic (exact) mass is 848 g/mol. The number of nitrogens with zero attached hydrogens (tertiary/aromatic N) is 4. The minimum absolute atomic E-state index is 0.172. The molecule has 0 aromatic heterocycles. The smallest absolute Gasteiger partial charge is 0.331 e. The number of rotatable bonds is 14. The molecular formula is C32H44Br4N4O3+2. The van der Waals surface area contributed by atoms with Crippen molar-refractivity contribution in [2.24, 2.45) is 5.41 Å². The minimum atomic E-state index is -1.48. The van der Waals surface area contributed by atoms with Crippen molar-refractivity contribution in [3.05, 3.63) is 65.4 Å². The summed E-state index contributed by atoms with van der Waals surface area (Å²) < 4.78 is 4.99. The van der Waals surface area contributed by atoms with Crippen LogP contribution >= 0.6 is 63.7 Å². The maximum atomic E-state index is 14.6. The van der Waals surface area contributed by atoms with Crippen LogP contribution in [0.5, 0.6) is 0 Å². The predicted octanol–water partition coefficient (Wildman–Crippen LogP) is 7.27. The van der Waals surface area contributed by atoms with Crippen LogP contribution in [-0.4, -0.2) is 105 Å². The van der Waals surface area contributed by atoms with Gasteiger partial charge in [-0.15, -0.1) is 0 Å². The molecule has 43 heavy (non-hydrogen) atoms. The zero-order chi connectivity index (χ0) is 32.2. The second-order valence-electron chi connectivity index (χ2n) is 13.6. The largest absolute Gasteiger partial charge is 0.333 e. The van der Waals surface area contributed by atoms with Crippen LogP contribution in [0.15, 0.2) is 54.3 Å². The van der Waals surface area contributed by atoms with Crippen LogP contribution in [0.2, 0.25) is 0 Å². The molecule has 0 spiro atoms. The van der Waals surface area contributed by atoms with E-state index < -0.39 is 23.3 Å². The van der Waals surface area contributed by atoms with Crippen molar-refractivity contribution in [2.75, 3.05) is 68.5 Å². The number of halogens is 4. The summed E-state index contributed by atoms with van der Waals surface area (Å²) in [5, 5.41) is 0. The van der Waals surface area contributed by atoms with Crippen molar-refractivity contribution in [2.45, 2.75) is 38.5 Å². The summed E-state index contributed by atoms with van der Waals surface area (Å²) >= 11 is 14.3. The van der Waals surface area contributed by atoms with Gasteiger partial charge in [0.15, 0.2) is 0 Å². The molecule has 236 valence electrons. The zero-order valence-electron chi connectivity index (χ0n) is 26.1. The van der Waals surface area contributed by atoms with E-state index in [1.54, 1.807) is 0 Å². The van der Waals surface area contributed by atoms with Gasteiger partial charge in [0.2, 0.25) is 11.8 Å². The molecule has 1 aliphatic heterocycles. The molecule has 2 aromatic rings. The number of urea groups is 1. The lowest BCUT2D eigenvalue weighted by molar-refractivity contribution is -0.870. The second kappa shape index (κ2) is 15.0. The molecule has 0 aliphatic carbocycles. The molecule has 1 saturated heterocycles. The van der Waals surface area contributed by atoms with Gasteiger partial charge in [-0.1, -0.05) is 63.7 Å². The SMILES string of the molecule is C[N+](C)(C)CCCCN1C(=O)N(CCCC[N+](C)(C)C)C(=O)C(Cc2cc(Br)cc(Br)c2)(Cc2cc(Br)cc(Br)c2)C1=O. The summed E-state index contributed by atoms with van der Waals surface area (Å²) in [6.45, 7) is 2.42. The highest BCUT2D eigenvalue weighted by atomic mass is 79.9. The number of unbranched alkanes of at least 4 members (excludes halogenated alkanes) is 2. The summed E-state index contributed by atoms with van der Waals surface area (Å²) in [4.78, 5) is 45.9. The molecule has 4 amide bonds. The van der Waals surface area contributed by atoms with E-state index >= 15 is 0 Å². The van der Waals surface area contributed by atoms with Gasteiger partial charge < -0.3 is 8.97 Å². The van der Waals surface area contributed by atoms with Crippen LogP contribution in [0.25, 0.3) is 0 Å². The molecule has 0 radical (unpaired) electrons. The number of amides is 4. The lowest BCUT2D eigenvalue weighted by Crippen LogP contribution is -2.66. The molecule has 0 saturated carbocycles. The van der Waals surface area contributed by atoms with E-state index in [0.717, 1.165) is 63.9 Å². The summed E-state index contributed by atoms with van der Waals surface area (Å²) in [7, 11) is 12.8. The summed E-state index contributed by atoms with van der Waals surface area (Å²) in [5.41, 5.74) is 0.192. The molecule has 7 nitrogen and oxygen atoms in total. The number of hydrogen-bond donors (Lipinski definition) is 0. The Balaban J connectivity index is 2.08. The second-order valence-corrected chi connectivity index (χ2v) is 17.3. The number of benzene rings is 2. The van der Waals surface area contributed by atoms with Crippen LogP contribution in [0.4, 0.5) is 4.79 Å². The van der Waals surface area contributed by atoms with Crippen LogP contribution in [0.3, 0.4) is 0 Å². The molecule has 1 heterocycles. The van der Waals surface area contributed by atoms with Gasteiger partial charge in [-0.2, -0.15) is 0 Å². The first-order valence-corrected chi connectivity index (χ1v) is 17.8. The maximum Gasteiger partial charge on any atom is 0.333 e. The van der Waals surface area contributed by atoms with Gasteiger partial charge in [-0.05, 0) is 86.1 Å². The Labute approximate surface area is 290 Å². The Morgan fingerprint density at radius 1 is 0.558 bits per heavy atom. The number of carbonyl (C=O) groups excluding carboxylic acids is 3. The fourth-order valence-electron chi connectivity index (χ4n) is 5.52. The molecule has 1 fully saturated rings. The molecule has 0 atom stereocenters. The van der Waals surface area contributed by atoms with Gasteiger partial charge in [0.25, 0.3) is 0 Å². The average Bonchev–Trinajstić information content (AvgIpc) is 2.84. The summed E-state index contributed by atoms with van der Waals surface area (Å²) in [5.74, 6) is -0.829. The Bertz CT molecular complexity index is 1200. The van der Waals surface area contributed by atoms with Crippen LogP contribution in [0.1, 0.15) is 36.8 Å². The van der Waals surface area contributed by atoms with E-state index in [-0.39, 0.29) is 25.9 Å². The molecule has 3 rings (SSSR count). The van der Waals surface area contributed by atoms with Gasteiger partial charge in [0.1, 0.15) is 5.41 Å². The molecule has 11 heteroatoms. The van der Waals surface area contributed by atoms with E-state index in [9.17, 15) is 14.4 Å². The Hall–Kier alpha value is -1.11. The normalized spacial score (nSPS) is 15.9. The van der Waals surface area contributed by atoms with Gasteiger partial charge in [-0.3, -0.25) is 19.4 Å². The number of hydrogen-bond acceptors (Lipinski definition) is 3. The number of carbonyl (C=O) groups is 3. The predicted molar refractivity (Wildman–Crippen MR) is 187 cm³/mol. The first-order chi connectivity index (χ1) is 19.9.